The van der Waals surface area contributed by atoms with E-state index >= 15 is 0 Å². The second kappa shape index (κ2) is 3.07. The molecule has 1 aliphatic carbocycles. The first kappa shape index (κ1) is 6.89. The van der Waals surface area contributed by atoms with Crippen LogP contribution in [0.2, 0.25) is 0 Å². The number of hydrogen-bond acceptors (Lipinski definition) is 2. The summed E-state index contributed by atoms with van der Waals surface area (Å²) in [7, 11) is 0. The van der Waals surface area contributed by atoms with E-state index in [0.717, 1.165) is 0 Å². The van der Waals surface area contributed by atoms with Crippen molar-refractivity contribution in [3.63, 3.8) is 0 Å². The third kappa shape index (κ3) is 1.44. The molecule has 0 unspecified atom stereocenters. The van der Waals surface area contributed by atoms with Crippen LogP contribution in [0, 0.1) is 6.20 Å². The van der Waals surface area contributed by atoms with Crippen LogP contribution in [0.15, 0.2) is 10.8 Å². The van der Waals surface area contributed by atoms with Crippen LogP contribution in [0.25, 0.3) is 0 Å². The fourth-order valence-electron chi connectivity index (χ4n) is 1.79. The molecule has 59 valence electrons. The van der Waals surface area contributed by atoms with Gasteiger partial charge in [-0.25, -0.2) is 0 Å². The van der Waals surface area contributed by atoms with Crippen LogP contribution in [0.1, 0.15) is 43.6 Å². The van der Waals surface area contributed by atoms with Crippen LogP contribution in [0.5, 0.6) is 0 Å². The summed E-state index contributed by atoms with van der Waals surface area (Å²) in [5, 5.41) is 3.60. The van der Waals surface area contributed by atoms with Crippen LogP contribution >= 0.6 is 0 Å². The Morgan fingerprint density at radius 2 is 2.18 bits per heavy atom. The minimum atomic E-state index is 0.676. The van der Waals surface area contributed by atoms with Crippen molar-refractivity contribution in [3.8, 4) is 0 Å². The molecule has 11 heavy (non-hydrogen) atoms. The summed E-state index contributed by atoms with van der Waals surface area (Å²) in [6, 6.07) is 0. The lowest BCUT2D eigenvalue weighted by Gasteiger charge is -2.18. The highest BCUT2D eigenvalue weighted by molar-refractivity contribution is 5.07. The van der Waals surface area contributed by atoms with Gasteiger partial charge < -0.3 is 4.52 Å². The number of hydrogen-bond donors (Lipinski definition) is 0. The van der Waals surface area contributed by atoms with Crippen molar-refractivity contribution >= 4 is 0 Å². The predicted octanol–water partition coefficient (Wildman–Crippen LogP) is 2.52. The topological polar surface area (TPSA) is 26.0 Å². The molecule has 0 bridgehead atoms. The molecule has 1 aromatic rings. The molecule has 0 saturated heterocycles. The Balaban J connectivity index is 2.04. The fourth-order valence-corrected chi connectivity index (χ4v) is 1.79. The molecular formula is C9H12NO. The van der Waals surface area contributed by atoms with Crippen molar-refractivity contribution in [2.24, 2.45) is 0 Å². The molecule has 2 heteroatoms. The first-order valence-electron chi connectivity index (χ1n) is 4.29. The van der Waals surface area contributed by atoms with Crippen molar-refractivity contribution in [1.29, 1.82) is 0 Å². The quantitative estimate of drug-likeness (QED) is 0.614. The first-order chi connectivity index (χ1) is 5.47. The molecule has 2 nitrogen and oxygen atoms in total. The maximum absolute atomic E-state index is 4.76. The van der Waals surface area contributed by atoms with Crippen molar-refractivity contribution < 1.29 is 4.52 Å². The summed E-state index contributed by atoms with van der Waals surface area (Å²) in [4.78, 5) is 0. The molecular weight excluding hydrogens is 138 g/mol. The van der Waals surface area contributed by atoms with Gasteiger partial charge in [0.2, 0.25) is 0 Å². The van der Waals surface area contributed by atoms with Gasteiger partial charge in [0.05, 0.1) is 0 Å². The van der Waals surface area contributed by atoms with Crippen LogP contribution < -0.4 is 0 Å². The normalized spacial score (nSPS) is 20.4. The van der Waals surface area contributed by atoms with E-state index in [-0.39, 0.29) is 0 Å². The van der Waals surface area contributed by atoms with E-state index < -0.39 is 0 Å². The van der Waals surface area contributed by atoms with Gasteiger partial charge in [-0.1, -0.05) is 24.4 Å². The summed E-state index contributed by atoms with van der Waals surface area (Å²) in [5.74, 6) is 0.676. The third-order valence-corrected chi connectivity index (χ3v) is 2.45. The number of nitrogens with zero attached hydrogens (tertiary/aromatic N) is 1. The molecule has 1 fully saturated rings. The van der Waals surface area contributed by atoms with E-state index in [1.807, 2.05) is 0 Å². The second-order valence-corrected chi connectivity index (χ2v) is 3.22. The van der Waals surface area contributed by atoms with Crippen LogP contribution in [-0.4, -0.2) is 5.16 Å². The van der Waals surface area contributed by atoms with Gasteiger partial charge in [0.1, 0.15) is 12.5 Å². The molecule has 0 aromatic carbocycles. The molecule has 0 spiro atoms. The Labute approximate surface area is 66.6 Å². The number of rotatable bonds is 1. The van der Waals surface area contributed by atoms with Crippen LogP contribution in [0.4, 0.5) is 0 Å². The monoisotopic (exact) mass is 150 g/mol. The highest BCUT2D eigenvalue weighted by Gasteiger charge is 2.16. The molecule has 1 saturated carbocycles. The van der Waals surface area contributed by atoms with Gasteiger partial charge in [0.15, 0.2) is 0 Å². The largest absolute Gasteiger partial charge is 0.364 e. The molecule has 1 aromatic heterocycles. The van der Waals surface area contributed by atoms with Crippen molar-refractivity contribution in [2.45, 2.75) is 38.0 Å². The smallest absolute Gasteiger partial charge is 0.139 e. The Morgan fingerprint density at radius 1 is 1.36 bits per heavy atom. The zero-order valence-corrected chi connectivity index (χ0v) is 6.55. The molecule has 0 amide bonds. The highest BCUT2D eigenvalue weighted by Crippen LogP contribution is 2.31. The Morgan fingerprint density at radius 3 is 2.82 bits per heavy atom. The van der Waals surface area contributed by atoms with Crippen molar-refractivity contribution in [1.82, 2.24) is 5.16 Å². The van der Waals surface area contributed by atoms with Gasteiger partial charge in [0, 0.05) is 5.56 Å². The van der Waals surface area contributed by atoms with Gasteiger partial charge in [-0.3, -0.25) is 0 Å². The lowest BCUT2D eigenvalue weighted by atomic mass is 9.86. The molecule has 2 rings (SSSR count). The summed E-state index contributed by atoms with van der Waals surface area (Å²) in [5.41, 5.74) is 1.17. The van der Waals surface area contributed by atoms with E-state index in [9.17, 15) is 0 Å². The molecule has 1 aliphatic rings. The Kier molecular flexibility index (Phi) is 1.93. The predicted molar refractivity (Wildman–Crippen MR) is 41.2 cm³/mol. The maximum Gasteiger partial charge on any atom is 0.139 e. The van der Waals surface area contributed by atoms with Gasteiger partial charge in [-0.2, -0.15) is 0 Å². The molecule has 0 N–H and O–H groups in total. The molecule has 0 aliphatic heterocycles. The molecule has 1 radical (unpaired) electrons. The van der Waals surface area contributed by atoms with Crippen LogP contribution in [0.3, 0.4) is 0 Å². The van der Waals surface area contributed by atoms with Gasteiger partial charge in [-0.05, 0) is 18.8 Å². The van der Waals surface area contributed by atoms with Gasteiger partial charge in [-0.15, -0.1) is 0 Å². The van der Waals surface area contributed by atoms with Gasteiger partial charge >= 0.3 is 0 Å². The summed E-state index contributed by atoms with van der Waals surface area (Å²) < 4.78 is 4.76. The minimum Gasteiger partial charge on any atom is -0.364 e. The summed E-state index contributed by atoms with van der Waals surface area (Å²) in [6.45, 7) is 0. The third-order valence-electron chi connectivity index (χ3n) is 2.45. The van der Waals surface area contributed by atoms with Crippen molar-refractivity contribution in [3.05, 3.63) is 18.0 Å². The highest BCUT2D eigenvalue weighted by atomic mass is 16.5. The lowest BCUT2D eigenvalue weighted by Crippen LogP contribution is -2.03. The zero-order valence-electron chi connectivity index (χ0n) is 6.55. The second-order valence-electron chi connectivity index (χ2n) is 3.22. The van der Waals surface area contributed by atoms with E-state index in [1.54, 1.807) is 6.26 Å². The summed E-state index contributed by atoms with van der Waals surface area (Å²) >= 11 is 0. The SMILES string of the molecule is [c]1nocc1C1CCCCC1. The maximum atomic E-state index is 4.76. The van der Waals surface area contributed by atoms with Crippen LogP contribution in [-0.2, 0) is 0 Å². The van der Waals surface area contributed by atoms with E-state index in [4.69, 9.17) is 4.52 Å². The average Bonchev–Trinajstić information content (AvgIpc) is 2.58. The first-order valence-corrected chi connectivity index (χ1v) is 4.29. The van der Waals surface area contributed by atoms with E-state index in [1.165, 1.54) is 37.7 Å². The fraction of sp³-hybridized carbons (Fsp3) is 0.667. The molecule has 0 atom stereocenters. The average molecular weight is 150 g/mol. The molecule has 1 heterocycles. The van der Waals surface area contributed by atoms with Gasteiger partial charge in [0.25, 0.3) is 0 Å². The van der Waals surface area contributed by atoms with E-state index in [0.29, 0.717) is 5.92 Å². The summed E-state index contributed by atoms with van der Waals surface area (Å²) in [6.07, 6.45) is 11.3. The zero-order chi connectivity index (χ0) is 7.52. The van der Waals surface area contributed by atoms with E-state index in [2.05, 4.69) is 11.4 Å². The Bertz CT molecular complexity index is 199. The van der Waals surface area contributed by atoms with Crippen molar-refractivity contribution in [2.75, 3.05) is 0 Å². The minimum absolute atomic E-state index is 0.676. The standard InChI is InChI=1S/C9H12NO/c1-2-4-8(5-3-1)9-6-10-11-7-9/h7-8H,1-5H2. The Hall–Kier alpha value is -0.790. The lowest BCUT2D eigenvalue weighted by molar-refractivity contribution is 0.410. The number of aromatic nitrogens is 1.